The van der Waals surface area contributed by atoms with Gasteiger partial charge in [0.15, 0.2) is 0 Å². The van der Waals surface area contributed by atoms with E-state index in [0.29, 0.717) is 17.6 Å². The number of piperidine rings is 3. The van der Waals surface area contributed by atoms with Crippen LogP contribution in [0.4, 0.5) is 5.69 Å². The van der Waals surface area contributed by atoms with Gasteiger partial charge in [-0.2, -0.15) is 0 Å². The van der Waals surface area contributed by atoms with Crippen molar-refractivity contribution in [2.75, 3.05) is 32.1 Å². The summed E-state index contributed by atoms with van der Waals surface area (Å²) >= 11 is 9.84. The van der Waals surface area contributed by atoms with Crippen molar-refractivity contribution in [2.45, 2.75) is 59.1 Å². The van der Waals surface area contributed by atoms with Crippen molar-refractivity contribution in [1.82, 2.24) is 4.90 Å². The van der Waals surface area contributed by atoms with Gasteiger partial charge in [0, 0.05) is 24.8 Å². The molecule has 3 saturated heterocycles. The molecular formula is C36H49ClN2O3S. The molecular weight excluding hydrogens is 576 g/mol. The third kappa shape index (κ3) is 7.61. The van der Waals surface area contributed by atoms with Crippen molar-refractivity contribution in [1.29, 1.82) is 0 Å². The number of methoxy groups -OCH3 is 1. The Kier molecular flexibility index (Phi) is 13.7. The fourth-order valence-corrected chi connectivity index (χ4v) is 7.02. The van der Waals surface area contributed by atoms with E-state index in [4.69, 9.17) is 21.1 Å². The molecule has 0 aromatic heterocycles. The molecule has 6 atom stereocenters. The summed E-state index contributed by atoms with van der Waals surface area (Å²) in [6.45, 7) is 7.00. The molecule has 4 heterocycles. The number of fused-ring (bicyclic) bond motifs is 4. The predicted octanol–water partition coefficient (Wildman–Crippen LogP) is 8.55. The van der Waals surface area contributed by atoms with Crippen molar-refractivity contribution in [3.8, 4) is 11.5 Å². The van der Waals surface area contributed by atoms with Crippen LogP contribution in [0.2, 0.25) is 0 Å². The molecule has 7 heteroatoms. The van der Waals surface area contributed by atoms with Crippen LogP contribution in [0.1, 0.15) is 52.7 Å². The minimum Gasteiger partial charge on any atom is -0.497 e. The maximum absolute atomic E-state index is 12.2. The van der Waals surface area contributed by atoms with Crippen molar-refractivity contribution < 1.29 is 14.6 Å². The molecule has 0 amide bonds. The molecule has 3 fully saturated rings. The Bertz CT molecular complexity index is 1310. The summed E-state index contributed by atoms with van der Waals surface area (Å²) in [7, 11) is 1.71. The Balaban J connectivity index is 0.000000428. The molecule has 0 spiro atoms. The van der Waals surface area contributed by atoms with Gasteiger partial charge >= 0.3 is 0 Å². The molecule has 4 aliphatic rings. The zero-order valence-electron chi connectivity index (χ0n) is 22.8. The number of thiocarbonyl (C=S) groups is 1. The number of aliphatic hydroxyl groups is 1. The van der Waals surface area contributed by atoms with Crippen molar-refractivity contribution in [3.63, 3.8) is 0 Å². The fraction of sp³-hybridized carbons (Fsp3) is 0.417. The molecule has 3 unspecified atom stereocenters. The number of rotatable bonds is 6. The smallest absolute Gasteiger partial charge is 0.260 e. The SMILES string of the molecule is C.C.C.C=CC1CN2CCC1C[C@H]2[C@H](O)[C@]1(c2ccccc2)CCNc2ccc(OC)cc21.S=C(Cl)Oc1ccccc1. The molecule has 5 nitrogen and oxygen atoms in total. The molecule has 4 aliphatic heterocycles. The van der Waals surface area contributed by atoms with Crippen LogP contribution in [-0.4, -0.2) is 53.4 Å². The monoisotopic (exact) mass is 624 g/mol. The quantitative estimate of drug-likeness (QED) is 0.163. The molecule has 0 radical (unpaired) electrons. The molecule has 0 aliphatic carbocycles. The second-order valence-electron chi connectivity index (χ2n) is 10.8. The molecule has 7 rings (SSSR count). The first-order valence-corrected chi connectivity index (χ1v) is 14.7. The van der Waals surface area contributed by atoms with Crippen LogP contribution in [0.15, 0.2) is 91.5 Å². The van der Waals surface area contributed by atoms with Crippen molar-refractivity contribution in [3.05, 3.63) is 103 Å². The lowest BCUT2D eigenvalue weighted by molar-refractivity contribution is -0.0669. The van der Waals surface area contributed by atoms with Gasteiger partial charge in [-0.15, -0.1) is 6.58 Å². The minimum atomic E-state index is -0.485. The number of halogens is 1. The lowest BCUT2D eigenvalue weighted by Gasteiger charge is -2.55. The first-order chi connectivity index (χ1) is 19.5. The average molecular weight is 625 g/mol. The van der Waals surface area contributed by atoms with Gasteiger partial charge in [-0.3, -0.25) is 4.90 Å². The number of ether oxygens (including phenoxy) is 2. The summed E-state index contributed by atoms with van der Waals surface area (Å²) in [5.74, 6) is 2.69. The van der Waals surface area contributed by atoms with E-state index < -0.39 is 11.5 Å². The van der Waals surface area contributed by atoms with Crippen LogP contribution < -0.4 is 14.8 Å². The highest BCUT2D eigenvalue weighted by Gasteiger charge is 2.52. The van der Waals surface area contributed by atoms with Gasteiger partial charge in [-0.1, -0.05) is 76.9 Å². The summed E-state index contributed by atoms with van der Waals surface area (Å²) in [5.41, 5.74) is 2.98. The van der Waals surface area contributed by atoms with Crippen LogP contribution in [0, 0.1) is 11.8 Å². The molecule has 3 aromatic rings. The lowest BCUT2D eigenvalue weighted by Crippen LogP contribution is -2.62. The number of benzene rings is 3. The molecule has 3 aromatic carbocycles. The standard InChI is InChI=1S/C26H32N2O2.C7H5ClOS.3CH4/c1-3-18-17-28-14-11-19(18)15-24(28)25(29)26(20-7-5-4-6-8-20)12-13-27-23-10-9-21(30-2)16-22(23)26;8-7(10)9-6-4-2-1-3-5-6;;;/h3-10,16,18-19,24-25,27,29H,1,11-15,17H2,2H3;1-5H;3*1H4/t18?,19?,24-,25-,26-;;;;/m0..../s1. The number of nitrogens with zero attached hydrogens (tertiary/aromatic N) is 1. The molecule has 2 N–H and O–H groups in total. The summed E-state index contributed by atoms with van der Waals surface area (Å²) in [6.07, 6.45) is 4.75. The van der Waals surface area contributed by atoms with E-state index in [9.17, 15) is 5.11 Å². The Morgan fingerprint density at radius 3 is 2.33 bits per heavy atom. The van der Waals surface area contributed by atoms with E-state index in [0.717, 1.165) is 49.5 Å². The minimum absolute atomic E-state index is 0. The first-order valence-electron chi connectivity index (χ1n) is 13.9. The second-order valence-corrected chi connectivity index (χ2v) is 11.7. The number of hydrogen-bond acceptors (Lipinski definition) is 6. The van der Waals surface area contributed by atoms with Crippen molar-refractivity contribution >= 4 is 34.0 Å². The van der Waals surface area contributed by atoms with E-state index in [1.54, 1.807) is 19.2 Å². The van der Waals surface area contributed by atoms with Gasteiger partial charge in [-0.25, -0.2) is 0 Å². The van der Waals surface area contributed by atoms with Gasteiger partial charge in [0.1, 0.15) is 11.5 Å². The summed E-state index contributed by atoms with van der Waals surface area (Å²) in [5, 5.41) is 15.7. The third-order valence-electron chi connectivity index (χ3n) is 8.80. The van der Waals surface area contributed by atoms with Crippen molar-refractivity contribution in [2.24, 2.45) is 11.8 Å². The Labute approximate surface area is 269 Å². The third-order valence-corrected chi connectivity index (χ3v) is 8.96. The van der Waals surface area contributed by atoms with Crippen LogP contribution >= 0.6 is 23.8 Å². The van der Waals surface area contributed by atoms with Gasteiger partial charge in [0.05, 0.1) is 18.6 Å². The van der Waals surface area contributed by atoms with E-state index in [1.807, 2.05) is 24.3 Å². The first kappa shape index (κ1) is 36.3. The molecule has 2 bridgehead atoms. The topological polar surface area (TPSA) is 54.0 Å². The van der Waals surface area contributed by atoms with E-state index in [1.165, 1.54) is 12.0 Å². The Hall–Kier alpha value is -2.90. The van der Waals surface area contributed by atoms with Crippen LogP contribution in [0.5, 0.6) is 11.5 Å². The van der Waals surface area contributed by atoms with E-state index >= 15 is 0 Å². The summed E-state index contributed by atoms with van der Waals surface area (Å²) in [6, 6.07) is 26.2. The molecule has 43 heavy (non-hydrogen) atoms. The number of aliphatic hydroxyl groups excluding tert-OH is 1. The Morgan fingerprint density at radius 1 is 1.07 bits per heavy atom. The number of nitrogens with one attached hydrogen (secondary N) is 1. The Morgan fingerprint density at radius 2 is 1.74 bits per heavy atom. The number of para-hydroxylation sites is 1. The van der Waals surface area contributed by atoms with Gasteiger partial charge in [0.2, 0.25) is 0 Å². The summed E-state index contributed by atoms with van der Waals surface area (Å²) < 4.78 is 10.5. The summed E-state index contributed by atoms with van der Waals surface area (Å²) in [4.78, 5) is 2.52. The molecule has 234 valence electrons. The lowest BCUT2D eigenvalue weighted by atomic mass is 9.61. The maximum atomic E-state index is 12.2. The highest BCUT2D eigenvalue weighted by molar-refractivity contribution is 7.82. The maximum Gasteiger partial charge on any atom is 0.260 e. The zero-order chi connectivity index (χ0) is 28.1. The highest BCUT2D eigenvalue weighted by atomic mass is 35.5. The average Bonchev–Trinajstić information content (AvgIpc) is 3.01. The number of anilines is 1. The zero-order valence-corrected chi connectivity index (χ0v) is 24.4. The van der Waals surface area contributed by atoms with Gasteiger partial charge < -0.3 is 19.9 Å². The largest absolute Gasteiger partial charge is 0.497 e. The highest BCUT2D eigenvalue weighted by Crippen LogP contribution is 2.50. The van der Waals surface area contributed by atoms with Crippen LogP contribution in [0.25, 0.3) is 0 Å². The fourth-order valence-electron chi connectivity index (χ4n) is 6.83. The molecule has 0 saturated carbocycles. The van der Waals surface area contributed by atoms with Crippen LogP contribution in [0.3, 0.4) is 0 Å². The predicted molar refractivity (Wildman–Crippen MR) is 187 cm³/mol. The number of hydrogen-bond donors (Lipinski definition) is 2. The van der Waals surface area contributed by atoms with Gasteiger partial charge in [-0.05, 0) is 103 Å². The van der Waals surface area contributed by atoms with Crippen LogP contribution in [-0.2, 0) is 5.41 Å². The van der Waals surface area contributed by atoms with E-state index in [-0.39, 0.29) is 32.8 Å². The normalized spacial score (nSPS) is 25.3. The van der Waals surface area contributed by atoms with E-state index in [2.05, 4.69) is 77.6 Å². The second kappa shape index (κ2) is 16.2. The van der Waals surface area contributed by atoms with Gasteiger partial charge in [0.25, 0.3) is 4.51 Å².